The molecule has 2 rings (SSSR count). The van der Waals surface area contributed by atoms with Gasteiger partial charge in [0.05, 0.1) is 16.0 Å². The number of nitro benzene ring substituents is 1. The molecule has 1 aromatic rings. The number of hydrogen-bond acceptors (Lipinski definition) is 5. The average Bonchev–Trinajstić information content (AvgIpc) is 2.94. The summed E-state index contributed by atoms with van der Waals surface area (Å²) in [6.45, 7) is 1.31. The minimum Gasteiger partial charge on any atom is -0.378 e. The Labute approximate surface area is 129 Å². The lowest BCUT2D eigenvalue weighted by molar-refractivity contribution is -0.385. The third kappa shape index (κ3) is 3.58. The molecule has 0 spiro atoms. The van der Waals surface area contributed by atoms with Crippen LogP contribution in [0.5, 0.6) is 0 Å². The molecule has 1 N–H and O–H groups in total. The quantitative estimate of drug-likeness (QED) is 0.641. The molecule has 1 fully saturated rings. The molecule has 0 aliphatic carbocycles. The van der Waals surface area contributed by atoms with Crippen molar-refractivity contribution in [2.75, 3.05) is 26.9 Å². The van der Waals surface area contributed by atoms with E-state index in [1.807, 2.05) is 0 Å². The van der Waals surface area contributed by atoms with Crippen LogP contribution in [0.25, 0.3) is 0 Å². The zero-order chi connectivity index (χ0) is 15.5. The molecule has 1 aliphatic rings. The molecule has 0 bridgehead atoms. The third-order valence-corrected chi connectivity index (χ3v) is 4.15. The van der Waals surface area contributed by atoms with E-state index in [2.05, 4.69) is 21.2 Å². The molecular weight excluding hydrogens is 344 g/mol. The van der Waals surface area contributed by atoms with Gasteiger partial charge in [0, 0.05) is 38.3 Å². The predicted molar refractivity (Wildman–Crippen MR) is 78.3 cm³/mol. The van der Waals surface area contributed by atoms with Gasteiger partial charge in [-0.15, -0.1) is 0 Å². The molecule has 1 saturated heterocycles. The summed E-state index contributed by atoms with van der Waals surface area (Å²) in [5.41, 5.74) is -0.430. The van der Waals surface area contributed by atoms with E-state index < -0.39 is 10.5 Å². The number of nitrogens with zero attached hydrogens (tertiary/aromatic N) is 1. The van der Waals surface area contributed by atoms with Crippen LogP contribution in [0.4, 0.5) is 5.69 Å². The van der Waals surface area contributed by atoms with Crippen molar-refractivity contribution in [3.05, 3.63) is 38.3 Å². The highest BCUT2D eigenvalue weighted by Crippen LogP contribution is 2.26. The van der Waals surface area contributed by atoms with Crippen molar-refractivity contribution in [1.82, 2.24) is 5.32 Å². The maximum absolute atomic E-state index is 12.1. The molecule has 1 unspecified atom stereocenters. The second-order valence-corrected chi connectivity index (χ2v) is 5.65. The summed E-state index contributed by atoms with van der Waals surface area (Å²) in [6.07, 6.45) is 0.699. The minimum absolute atomic E-state index is 0.145. The van der Waals surface area contributed by atoms with Gasteiger partial charge < -0.3 is 14.8 Å². The zero-order valence-corrected chi connectivity index (χ0v) is 13.0. The molecular formula is C13H15BrN2O5. The summed E-state index contributed by atoms with van der Waals surface area (Å²) in [6, 6.07) is 4.25. The van der Waals surface area contributed by atoms with Crippen LogP contribution in [0, 0.1) is 10.1 Å². The smallest absolute Gasteiger partial charge is 0.284 e. The van der Waals surface area contributed by atoms with Crippen LogP contribution >= 0.6 is 15.9 Å². The van der Waals surface area contributed by atoms with Crippen LogP contribution in [-0.2, 0) is 9.47 Å². The lowest BCUT2D eigenvalue weighted by Gasteiger charge is -2.25. The largest absolute Gasteiger partial charge is 0.378 e. The number of ether oxygens (including phenoxy) is 2. The summed E-state index contributed by atoms with van der Waals surface area (Å²) in [5, 5.41) is 13.6. The van der Waals surface area contributed by atoms with Gasteiger partial charge in [-0.1, -0.05) is 0 Å². The summed E-state index contributed by atoms with van der Waals surface area (Å²) in [7, 11) is 1.57. The first kappa shape index (κ1) is 15.9. The molecule has 1 atom stereocenters. The summed E-state index contributed by atoms with van der Waals surface area (Å²) >= 11 is 3.08. The molecule has 1 amide bonds. The van der Waals surface area contributed by atoms with Gasteiger partial charge in [-0.05, 0) is 28.1 Å². The van der Waals surface area contributed by atoms with E-state index in [1.54, 1.807) is 7.11 Å². The van der Waals surface area contributed by atoms with Crippen molar-refractivity contribution in [3.8, 4) is 0 Å². The van der Waals surface area contributed by atoms with Crippen molar-refractivity contribution in [2.45, 2.75) is 12.0 Å². The van der Waals surface area contributed by atoms with E-state index in [0.717, 1.165) is 0 Å². The van der Waals surface area contributed by atoms with E-state index in [9.17, 15) is 14.9 Å². The van der Waals surface area contributed by atoms with Gasteiger partial charge >= 0.3 is 0 Å². The van der Waals surface area contributed by atoms with Crippen LogP contribution in [0.1, 0.15) is 16.8 Å². The summed E-state index contributed by atoms with van der Waals surface area (Å²) in [4.78, 5) is 22.4. The third-order valence-electron chi connectivity index (χ3n) is 3.48. The van der Waals surface area contributed by atoms with Crippen LogP contribution < -0.4 is 5.32 Å². The number of amides is 1. The number of halogens is 1. The van der Waals surface area contributed by atoms with Gasteiger partial charge in [0.2, 0.25) is 0 Å². The number of hydrogen-bond donors (Lipinski definition) is 1. The Hall–Kier alpha value is -1.51. The molecule has 0 aromatic heterocycles. The van der Waals surface area contributed by atoms with Crippen molar-refractivity contribution in [3.63, 3.8) is 0 Å². The summed E-state index contributed by atoms with van der Waals surface area (Å²) < 4.78 is 11.0. The normalized spacial score (nSPS) is 21.2. The average molecular weight is 359 g/mol. The molecule has 114 valence electrons. The van der Waals surface area contributed by atoms with E-state index in [1.165, 1.54) is 18.2 Å². The van der Waals surface area contributed by atoms with Gasteiger partial charge in [0.25, 0.3) is 11.6 Å². The fourth-order valence-corrected chi connectivity index (χ4v) is 2.49. The standard InChI is InChI=1S/C13H15BrN2O5/c1-20-13(4-5-21-8-13)7-15-12(17)9-2-3-10(14)11(6-9)16(18)19/h2-3,6H,4-5,7-8H2,1H3,(H,15,17). The number of benzene rings is 1. The first-order valence-corrected chi connectivity index (χ1v) is 7.12. The first-order chi connectivity index (χ1) is 9.97. The maximum atomic E-state index is 12.1. The van der Waals surface area contributed by atoms with E-state index >= 15 is 0 Å². The van der Waals surface area contributed by atoms with Crippen molar-refractivity contribution >= 4 is 27.5 Å². The van der Waals surface area contributed by atoms with Gasteiger partial charge in [-0.3, -0.25) is 14.9 Å². The predicted octanol–water partition coefficient (Wildman–Crippen LogP) is 1.89. The maximum Gasteiger partial charge on any atom is 0.284 e. The Morgan fingerprint density at radius 3 is 2.95 bits per heavy atom. The van der Waals surface area contributed by atoms with Crippen LogP contribution in [0.2, 0.25) is 0 Å². The van der Waals surface area contributed by atoms with Gasteiger partial charge in [-0.2, -0.15) is 0 Å². The second-order valence-electron chi connectivity index (χ2n) is 4.80. The lowest BCUT2D eigenvalue weighted by Crippen LogP contribution is -2.45. The highest BCUT2D eigenvalue weighted by molar-refractivity contribution is 9.10. The van der Waals surface area contributed by atoms with Crippen molar-refractivity contribution in [2.24, 2.45) is 0 Å². The van der Waals surface area contributed by atoms with Crippen molar-refractivity contribution in [1.29, 1.82) is 0 Å². The number of nitrogens with one attached hydrogen (secondary N) is 1. The van der Waals surface area contributed by atoms with Crippen LogP contribution in [0.3, 0.4) is 0 Å². The summed E-state index contributed by atoms with van der Waals surface area (Å²) in [5.74, 6) is -0.381. The van der Waals surface area contributed by atoms with Gasteiger partial charge in [-0.25, -0.2) is 0 Å². The fourth-order valence-electron chi connectivity index (χ4n) is 2.10. The molecule has 21 heavy (non-hydrogen) atoms. The van der Waals surface area contributed by atoms with Crippen molar-refractivity contribution < 1.29 is 19.2 Å². The van der Waals surface area contributed by atoms with E-state index in [-0.39, 0.29) is 17.2 Å². The first-order valence-electron chi connectivity index (χ1n) is 6.32. The highest BCUT2D eigenvalue weighted by atomic mass is 79.9. The lowest BCUT2D eigenvalue weighted by atomic mass is 10.0. The Morgan fingerprint density at radius 2 is 2.38 bits per heavy atom. The Bertz CT molecular complexity index is 557. The number of nitro groups is 1. The highest BCUT2D eigenvalue weighted by Gasteiger charge is 2.35. The number of rotatable bonds is 5. The Kier molecular flexibility index (Phi) is 4.92. The van der Waals surface area contributed by atoms with Crippen LogP contribution in [0.15, 0.2) is 22.7 Å². The topological polar surface area (TPSA) is 90.7 Å². The number of carbonyl (C=O) groups excluding carboxylic acids is 1. The minimum atomic E-state index is -0.539. The van der Waals surface area contributed by atoms with Gasteiger partial charge in [0.1, 0.15) is 5.60 Å². The molecule has 1 heterocycles. The molecule has 0 saturated carbocycles. The van der Waals surface area contributed by atoms with E-state index in [0.29, 0.717) is 30.7 Å². The molecule has 1 aliphatic heterocycles. The SMILES string of the molecule is COC1(CNC(=O)c2ccc(Br)c([N+](=O)[O-])c2)CCOC1. The second kappa shape index (κ2) is 6.50. The molecule has 7 nitrogen and oxygen atoms in total. The number of carbonyl (C=O) groups is 1. The Morgan fingerprint density at radius 1 is 1.62 bits per heavy atom. The van der Waals surface area contributed by atoms with Gasteiger partial charge in [0.15, 0.2) is 0 Å². The number of methoxy groups -OCH3 is 1. The molecule has 0 radical (unpaired) electrons. The monoisotopic (exact) mass is 358 g/mol. The Balaban J connectivity index is 2.07. The molecule has 1 aromatic carbocycles. The van der Waals surface area contributed by atoms with Crippen LogP contribution in [-0.4, -0.2) is 43.3 Å². The zero-order valence-electron chi connectivity index (χ0n) is 11.4. The van der Waals surface area contributed by atoms with E-state index in [4.69, 9.17) is 9.47 Å². The molecule has 8 heteroatoms. The fraction of sp³-hybridized carbons (Fsp3) is 0.462.